The molecule has 0 radical (unpaired) electrons. The van der Waals surface area contributed by atoms with Crippen molar-refractivity contribution in [2.45, 2.75) is 6.04 Å². The first-order valence-electron chi connectivity index (χ1n) is 5.52. The van der Waals surface area contributed by atoms with E-state index in [1.165, 1.54) is 0 Å². The Morgan fingerprint density at radius 2 is 2.29 bits per heavy atom. The Morgan fingerprint density at radius 3 is 3.06 bits per heavy atom. The van der Waals surface area contributed by atoms with Crippen LogP contribution in [-0.4, -0.2) is 16.7 Å². The van der Waals surface area contributed by atoms with Gasteiger partial charge >= 0.3 is 0 Å². The Balaban J connectivity index is 2.13. The van der Waals surface area contributed by atoms with E-state index in [0.717, 1.165) is 16.6 Å². The Bertz CT molecular complexity index is 612. The summed E-state index contributed by atoms with van der Waals surface area (Å²) in [6.45, 7) is 0. The average Bonchev–Trinajstić information content (AvgIpc) is 3.01. The Morgan fingerprint density at radius 1 is 1.35 bits per heavy atom. The lowest BCUT2D eigenvalue weighted by molar-refractivity contribution is 0.557. The molecule has 0 aromatic carbocycles. The molecule has 4 nitrogen and oxygen atoms in total. The number of nitrogens with one attached hydrogen (secondary N) is 1. The zero-order chi connectivity index (χ0) is 11.7. The minimum Gasteiger partial charge on any atom is -0.472 e. The summed E-state index contributed by atoms with van der Waals surface area (Å²) in [5.74, 6) is 0. The largest absolute Gasteiger partial charge is 0.472 e. The third-order valence-electron chi connectivity index (χ3n) is 2.93. The lowest BCUT2D eigenvalue weighted by Gasteiger charge is -2.12. The van der Waals surface area contributed by atoms with Crippen LogP contribution in [0.15, 0.2) is 53.6 Å². The van der Waals surface area contributed by atoms with Gasteiger partial charge in [-0.1, -0.05) is 6.07 Å². The second kappa shape index (κ2) is 4.07. The van der Waals surface area contributed by atoms with Crippen molar-refractivity contribution in [3.05, 3.63) is 60.3 Å². The smallest absolute Gasteiger partial charge is 0.0953 e. The van der Waals surface area contributed by atoms with Crippen LogP contribution in [0.2, 0.25) is 0 Å². The minimum atomic E-state index is 0.105. The van der Waals surface area contributed by atoms with Crippen molar-refractivity contribution in [3.8, 4) is 0 Å². The van der Waals surface area contributed by atoms with E-state index in [-0.39, 0.29) is 6.04 Å². The van der Waals surface area contributed by atoms with Crippen LogP contribution >= 0.6 is 0 Å². The topological polar surface area (TPSA) is 42.5 Å². The van der Waals surface area contributed by atoms with Crippen molar-refractivity contribution in [1.82, 2.24) is 14.9 Å². The fraction of sp³-hybridized carbons (Fsp3) is 0.154. The highest BCUT2D eigenvalue weighted by molar-refractivity contribution is 5.56. The van der Waals surface area contributed by atoms with Crippen LogP contribution in [0.4, 0.5) is 0 Å². The molecule has 0 fully saturated rings. The summed E-state index contributed by atoms with van der Waals surface area (Å²) in [6, 6.07) is 8.12. The maximum absolute atomic E-state index is 5.14. The van der Waals surface area contributed by atoms with Gasteiger partial charge in [-0.05, 0) is 25.2 Å². The summed E-state index contributed by atoms with van der Waals surface area (Å²) in [7, 11) is 1.93. The van der Waals surface area contributed by atoms with E-state index >= 15 is 0 Å². The van der Waals surface area contributed by atoms with E-state index < -0.39 is 0 Å². The second-order valence-corrected chi connectivity index (χ2v) is 3.91. The van der Waals surface area contributed by atoms with E-state index in [1.807, 2.05) is 42.2 Å². The molecule has 0 aliphatic rings. The van der Waals surface area contributed by atoms with Gasteiger partial charge in [0, 0.05) is 17.3 Å². The molecular formula is C13H13N3O. The number of rotatable bonds is 3. The molecule has 1 atom stereocenters. The molecule has 4 heteroatoms. The van der Waals surface area contributed by atoms with Crippen molar-refractivity contribution in [3.63, 3.8) is 0 Å². The standard InChI is InChI=1S/C13H13N3O/c1-14-13(10-5-7-17-9-10)11-8-15-16-6-3-2-4-12(11)16/h2-9,13-14H,1H3. The number of pyridine rings is 1. The maximum Gasteiger partial charge on any atom is 0.0953 e. The number of hydrogen-bond acceptors (Lipinski definition) is 3. The maximum atomic E-state index is 5.14. The zero-order valence-corrected chi connectivity index (χ0v) is 9.50. The van der Waals surface area contributed by atoms with Crippen LogP contribution in [0.3, 0.4) is 0 Å². The number of hydrogen-bond donors (Lipinski definition) is 1. The molecule has 0 saturated carbocycles. The summed E-state index contributed by atoms with van der Waals surface area (Å²) in [4.78, 5) is 0. The molecule has 0 saturated heterocycles. The number of fused-ring (bicyclic) bond motifs is 1. The van der Waals surface area contributed by atoms with Crippen LogP contribution in [-0.2, 0) is 0 Å². The summed E-state index contributed by atoms with van der Waals surface area (Å²) in [5.41, 5.74) is 3.36. The van der Waals surface area contributed by atoms with Gasteiger partial charge < -0.3 is 9.73 Å². The Hall–Kier alpha value is -2.07. The quantitative estimate of drug-likeness (QED) is 0.746. The van der Waals surface area contributed by atoms with E-state index in [9.17, 15) is 0 Å². The van der Waals surface area contributed by atoms with Crippen molar-refractivity contribution in [1.29, 1.82) is 0 Å². The highest BCUT2D eigenvalue weighted by atomic mass is 16.3. The molecular weight excluding hydrogens is 214 g/mol. The van der Waals surface area contributed by atoms with Crippen LogP contribution in [0.25, 0.3) is 5.52 Å². The molecule has 1 unspecified atom stereocenters. The van der Waals surface area contributed by atoms with Crippen molar-refractivity contribution < 1.29 is 4.42 Å². The average molecular weight is 227 g/mol. The molecule has 17 heavy (non-hydrogen) atoms. The molecule has 1 N–H and O–H groups in total. The van der Waals surface area contributed by atoms with Gasteiger partial charge in [0.25, 0.3) is 0 Å². The first kappa shape index (κ1) is 10.1. The highest BCUT2D eigenvalue weighted by Gasteiger charge is 2.17. The number of nitrogens with zero attached hydrogens (tertiary/aromatic N) is 2. The predicted molar refractivity (Wildman–Crippen MR) is 64.8 cm³/mol. The molecule has 0 aliphatic carbocycles. The molecule has 0 amide bonds. The summed E-state index contributed by atoms with van der Waals surface area (Å²) < 4.78 is 7.01. The third-order valence-corrected chi connectivity index (χ3v) is 2.93. The molecule has 86 valence electrons. The molecule has 0 bridgehead atoms. The van der Waals surface area contributed by atoms with Crippen molar-refractivity contribution >= 4 is 5.52 Å². The zero-order valence-electron chi connectivity index (χ0n) is 9.50. The SMILES string of the molecule is CNC(c1ccoc1)c1cnn2ccccc12. The van der Waals surface area contributed by atoms with Gasteiger partial charge in [0.05, 0.1) is 30.3 Å². The lowest BCUT2D eigenvalue weighted by Crippen LogP contribution is -2.16. The van der Waals surface area contributed by atoms with E-state index in [1.54, 1.807) is 12.5 Å². The molecule has 3 aromatic rings. The summed E-state index contributed by atoms with van der Waals surface area (Å²) in [6.07, 6.45) is 7.28. The van der Waals surface area contributed by atoms with Crippen LogP contribution in [0.5, 0.6) is 0 Å². The molecule has 3 aromatic heterocycles. The van der Waals surface area contributed by atoms with Crippen molar-refractivity contribution in [2.24, 2.45) is 0 Å². The molecule has 0 aliphatic heterocycles. The van der Waals surface area contributed by atoms with Gasteiger partial charge in [-0.25, -0.2) is 4.52 Å². The van der Waals surface area contributed by atoms with Gasteiger partial charge in [0.15, 0.2) is 0 Å². The minimum absolute atomic E-state index is 0.105. The van der Waals surface area contributed by atoms with Crippen LogP contribution in [0, 0.1) is 0 Å². The molecule has 0 spiro atoms. The van der Waals surface area contributed by atoms with E-state index in [0.29, 0.717) is 0 Å². The lowest BCUT2D eigenvalue weighted by atomic mass is 10.0. The third kappa shape index (κ3) is 1.62. The Kier molecular flexibility index (Phi) is 2.42. The van der Waals surface area contributed by atoms with E-state index in [4.69, 9.17) is 4.42 Å². The van der Waals surface area contributed by atoms with Gasteiger partial charge in [-0.3, -0.25) is 0 Å². The van der Waals surface area contributed by atoms with Crippen LogP contribution in [0.1, 0.15) is 17.2 Å². The highest BCUT2D eigenvalue weighted by Crippen LogP contribution is 2.25. The monoisotopic (exact) mass is 227 g/mol. The number of aromatic nitrogens is 2. The molecule has 3 rings (SSSR count). The fourth-order valence-electron chi connectivity index (χ4n) is 2.12. The van der Waals surface area contributed by atoms with Gasteiger partial charge in [-0.2, -0.15) is 5.10 Å². The fourth-order valence-corrected chi connectivity index (χ4v) is 2.12. The van der Waals surface area contributed by atoms with Crippen molar-refractivity contribution in [2.75, 3.05) is 7.05 Å². The normalized spacial score (nSPS) is 13.0. The molecule has 3 heterocycles. The summed E-state index contributed by atoms with van der Waals surface area (Å²) in [5, 5.41) is 7.63. The first-order valence-corrected chi connectivity index (χ1v) is 5.52. The second-order valence-electron chi connectivity index (χ2n) is 3.91. The van der Waals surface area contributed by atoms with Gasteiger partial charge in [-0.15, -0.1) is 0 Å². The Labute approximate surface area is 98.9 Å². The first-order chi connectivity index (χ1) is 8.40. The van der Waals surface area contributed by atoms with E-state index in [2.05, 4.69) is 16.5 Å². The van der Waals surface area contributed by atoms with Gasteiger partial charge in [0.2, 0.25) is 0 Å². The van der Waals surface area contributed by atoms with Crippen LogP contribution < -0.4 is 5.32 Å². The predicted octanol–water partition coefficient (Wildman–Crippen LogP) is 2.24. The van der Waals surface area contributed by atoms with Gasteiger partial charge in [0.1, 0.15) is 0 Å². The summed E-state index contributed by atoms with van der Waals surface area (Å²) >= 11 is 0. The number of furan rings is 1.